The molecule has 3 aromatic rings. The van der Waals surface area contributed by atoms with Crippen LogP contribution in [0.1, 0.15) is 28.3 Å². The number of nitrogens with one attached hydrogen (secondary N) is 1. The Hall–Kier alpha value is -2.74. The number of fused-ring (bicyclic) bond motifs is 1. The van der Waals surface area contributed by atoms with Crippen LogP contribution in [0.5, 0.6) is 0 Å². The van der Waals surface area contributed by atoms with Gasteiger partial charge in [0.1, 0.15) is 5.82 Å². The predicted octanol–water partition coefficient (Wildman–Crippen LogP) is 4.28. The number of halogens is 1. The monoisotopic (exact) mass is 467 g/mol. The summed E-state index contributed by atoms with van der Waals surface area (Å²) in [7, 11) is 0.211. The van der Waals surface area contributed by atoms with Gasteiger partial charge in [-0.1, -0.05) is 36.4 Å². The van der Waals surface area contributed by atoms with Crippen LogP contribution < -0.4 is 9.62 Å². The van der Waals surface area contributed by atoms with Crippen molar-refractivity contribution < 1.29 is 12.8 Å². The summed E-state index contributed by atoms with van der Waals surface area (Å²) in [4.78, 5) is 4.44. The van der Waals surface area contributed by atoms with Crippen LogP contribution in [-0.2, 0) is 23.0 Å². The number of hydrogen-bond acceptors (Lipinski definition) is 4. The molecule has 5 nitrogen and oxygen atoms in total. The third-order valence-corrected chi connectivity index (χ3v) is 7.72. The highest BCUT2D eigenvalue weighted by atomic mass is 32.2. The molecule has 3 aromatic carbocycles. The molecule has 0 spiro atoms. The first-order chi connectivity index (χ1) is 15.7. The van der Waals surface area contributed by atoms with E-state index >= 15 is 0 Å². The van der Waals surface area contributed by atoms with Crippen LogP contribution in [0.2, 0.25) is 0 Å². The molecule has 1 aliphatic rings. The van der Waals surface area contributed by atoms with Crippen molar-refractivity contribution >= 4 is 15.7 Å². The molecule has 0 radical (unpaired) electrons. The van der Waals surface area contributed by atoms with Crippen molar-refractivity contribution in [2.24, 2.45) is 0 Å². The van der Waals surface area contributed by atoms with E-state index in [1.165, 1.54) is 29.3 Å². The molecule has 0 aromatic heterocycles. The van der Waals surface area contributed by atoms with Gasteiger partial charge in [0.15, 0.2) is 0 Å². The molecular formula is C26H30FN3O2S. The van der Waals surface area contributed by atoms with Crippen LogP contribution in [-0.4, -0.2) is 40.5 Å². The van der Waals surface area contributed by atoms with Crippen molar-refractivity contribution in [1.29, 1.82) is 0 Å². The molecule has 0 aliphatic carbocycles. The molecule has 1 N–H and O–H groups in total. The Morgan fingerprint density at radius 3 is 2.39 bits per heavy atom. The van der Waals surface area contributed by atoms with Crippen molar-refractivity contribution in [3.8, 4) is 0 Å². The van der Waals surface area contributed by atoms with E-state index < -0.39 is 15.8 Å². The van der Waals surface area contributed by atoms with E-state index in [1.54, 1.807) is 6.92 Å². The summed E-state index contributed by atoms with van der Waals surface area (Å²) in [6.45, 7) is 3.39. The molecule has 4 rings (SSSR count). The fourth-order valence-corrected chi connectivity index (χ4v) is 5.42. The van der Waals surface area contributed by atoms with Gasteiger partial charge >= 0.3 is 0 Å². The number of anilines is 1. The van der Waals surface area contributed by atoms with Gasteiger partial charge in [0, 0.05) is 45.5 Å². The molecule has 0 amide bonds. The summed E-state index contributed by atoms with van der Waals surface area (Å²) in [5, 5.41) is 0. The van der Waals surface area contributed by atoms with E-state index in [-0.39, 0.29) is 17.5 Å². The standard InChI is InChI=1S/C26H30FN3O2S/c1-19-16-24(12-13-25(19)27)33(31,32)28-17-26(21-8-10-23(11-9-21)29(2)3)30-15-14-20-6-4-5-7-22(20)18-30/h4-13,16,26,28H,14-15,17-18H2,1-3H3/t26-/m0/s1. The average Bonchev–Trinajstić information content (AvgIpc) is 2.81. The number of nitrogens with zero attached hydrogens (tertiary/aromatic N) is 2. The second-order valence-electron chi connectivity index (χ2n) is 8.75. The number of sulfonamides is 1. The fourth-order valence-electron chi connectivity index (χ4n) is 4.29. The minimum absolute atomic E-state index is 0.0760. The molecule has 0 fully saturated rings. The minimum atomic E-state index is -3.77. The molecule has 1 atom stereocenters. The summed E-state index contributed by atoms with van der Waals surface area (Å²) in [5.41, 5.74) is 5.07. The first-order valence-corrected chi connectivity index (χ1v) is 12.6. The lowest BCUT2D eigenvalue weighted by Crippen LogP contribution is -2.40. The molecule has 7 heteroatoms. The van der Waals surface area contributed by atoms with Crippen molar-refractivity contribution in [3.05, 3.63) is 94.8 Å². The van der Waals surface area contributed by atoms with Crippen LogP contribution in [0, 0.1) is 12.7 Å². The van der Waals surface area contributed by atoms with Crippen molar-refractivity contribution in [3.63, 3.8) is 0 Å². The molecule has 0 bridgehead atoms. The number of aryl methyl sites for hydroxylation is 1. The number of benzene rings is 3. The van der Waals surface area contributed by atoms with Crippen LogP contribution in [0.15, 0.2) is 71.6 Å². The van der Waals surface area contributed by atoms with E-state index in [4.69, 9.17) is 0 Å². The van der Waals surface area contributed by atoms with Crippen LogP contribution >= 0.6 is 0 Å². The van der Waals surface area contributed by atoms with Gasteiger partial charge in [-0.05, 0) is 65.9 Å². The molecule has 0 saturated heterocycles. The Kier molecular flexibility index (Phi) is 6.83. The molecule has 1 aliphatic heterocycles. The van der Waals surface area contributed by atoms with E-state index in [9.17, 15) is 12.8 Å². The van der Waals surface area contributed by atoms with Gasteiger partial charge < -0.3 is 4.90 Å². The SMILES string of the molecule is Cc1cc(S(=O)(=O)NC[C@@H](c2ccc(N(C)C)cc2)N2CCc3ccccc3C2)ccc1F. The first kappa shape index (κ1) is 23.4. The Morgan fingerprint density at radius 2 is 1.73 bits per heavy atom. The van der Waals surface area contributed by atoms with Gasteiger partial charge in [-0.2, -0.15) is 0 Å². The Labute approximate surface area is 195 Å². The highest BCUT2D eigenvalue weighted by Gasteiger charge is 2.27. The summed E-state index contributed by atoms with van der Waals surface area (Å²) in [6, 6.07) is 20.4. The lowest BCUT2D eigenvalue weighted by atomic mass is 9.96. The maximum Gasteiger partial charge on any atom is 0.240 e. The number of rotatable bonds is 7. The first-order valence-electron chi connectivity index (χ1n) is 11.1. The second-order valence-corrected chi connectivity index (χ2v) is 10.5. The smallest absolute Gasteiger partial charge is 0.240 e. The lowest BCUT2D eigenvalue weighted by molar-refractivity contribution is 0.180. The van der Waals surface area contributed by atoms with Crippen LogP contribution in [0.4, 0.5) is 10.1 Å². The van der Waals surface area contributed by atoms with Gasteiger partial charge in [0.2, 0.25) is 10.0 Å². The highest BCUT2D eigenvalue weighted by Crippen LogP contribution is 2.29. The molecular weight excluding hydrogens is 437 g/mol. The molecule has 0 unspecified atom stereocenters. The Balaban J connectivity index is 1.60. The normalized spacial score (nSPS) is 15.2. The van der Waals surface area contributed by atoms with Crippen molar-refractivity contribution in [2.75, 3.05) is 32.1 Å². The largest absolute Gasteiger partial charge is 0.378 e. The summed E-state index contributed by atoms with van der Waals surface area (Å²) >= 11 is 0. The molecule has 174 valence electrons. The fraction of sp³-hybridized carbons (Fsp3) is 0.308. The van der Waals surface area contributed by atoms with E-state index in [0.717, 1.165) is 30.8 Å². The van der Waals surface area contributed by atoms with Gasteiger partial charge in [0.05, 0.1) is 4.90 Å². The summed E-state index contributed by atoms with van der Waals surface area (Å²) in [5.74, 6) is -0.417. The zero-order valence-electron chi connectivity index (χ0n) is 19.3. The third kappa shape index (κ3) is 5.27. The van der Waals surface area contributed by atoms with E-state index in [2.05, 4.69) is 52.1 Å². The Bertz CT molecular complexity index is 1230. The summed E-state index contributed by atoms with van der Waals surface area (Å²) in [6.07, 6.45) is 0.923. The Morgan fingerprint density at radius 1 is 1.03 bits per heavy atom. The molecule has 1 heterocycles. The average molecular weight is 468 g/mol. The van der Waals surface area contributed by atoms with E-state index in [1.807, 2.05) is 25.1 Å². The topological polar surface area (TPSA) is 52.7 Å². The molecule has 33 heavy (non-hydrogen) atoms. The van der Waals surface area contributed by atoms with E-state index in [0.29, 0.717) is 5.56 Å². The minimum Gasteiger partial charge on any atom is -0.378 e. The third-order valence-electron chi connectivity index (χ3n) is 6.30. The summed E-state index contributed by atoms with van der Waals surface area (Å²) < 4.78 is 42.4. The second kappa shape index (κ2) is 9.63. The van der Waals surface area contributed by atoms with Crippen LogP contribution in [0.25, 0.3) is 0 Å². The van der Waals surface area contributed by atoms with Gasteiger partial charge in [-0.15, -0.1) is 0 Å². The van der Waals surface area contributed by atoms with Gasteiger partial charge in [-0.3, -0.25) is 4.90 Å². The maximum absolute atomic E-state index is 13.7. The van der Waals surface area contributed by atoms with Crippen molar-refractivity contribution in [2.45, 2.75) is 30.8 Å². The zero-order chi connectivity index (χ0) is 23.6. The quantitative estimate of drug-likeness (QED) is 0.564. The van der Waals surface area contributed by atoms with Crippen molar-refractivity contribution in [1.82, 2.24) is 9.62 Å². The zero-order valence-corrected chi connectivity index (χ0v) is 20.1. The van der Waals surface area contributed by atoms with Gasteiger partial charge in [-0.25, -0.2) is 17.5 Å². The lowest BCUT2D eigenvalue weighted by Gasteiger charge is -2.36. The highest BCUT2D eigenvalue weighted by molar-refractivity contribution is 7.89. The molecule has 0 saturated carbocycles. The predicted molar refractivity (Wildman–Crippen MR) is 130 cm³/mol. The maximum atomic E-state index is 13.7. The van der Waals surface area contributed by atoms with Crippen LogP contribution in [0.3, 0.4) is 0 Å². The van der Waals surface area contributed by atoms with Gasteiger partial charge in [0.25, 0.3) is 0 Å². The number of hydrogen-bond donors (Lipinski definition) is 1.